The van der Waals surface area contributed by atoms with E-state index in [1.54, 1.807) is 133 Å². The molecule has 17 heteroatoms. The highest BCUT2D eigenvalue weighted by atomic mass is 16.6. The van der Waals surface area contributed by atoms with Crippen LogP contribution in [-0.2, 0) is 18.9 Å². The first kappa shape index (κ1) is 46.1. The van der Waals surface area contributed by atoms with E-state index in [2.05, 4.69) is 37.3 Å². The fraction of sp³-hybridized carbons (Fsp3) is 0.513. The normalized spacial score (nSPS) is 12.6. The van der Waals surface area contributed by atoms with Crippen LogP contribution in [0.15, 0.2) is 52.4 Å². The summed E-state index contributed by atoms with van der Waals surface area (Å²) in [5.74, 6) is -0.101. The number of hydrogen-bond acceptors (Lipinski definition) is 13. The number of carbonyl (C=O) groups is 4. The van der Waals surface area contributed by atoms with Gasteiger partial charge in [-0.1, -0.05) is 18.2 Å². The van der Waals surface area contributed by atoms with Crippen LogP contribution < -0.4 is 30.7 Å². The predicted octanol–water partition coefficient (Wildman–Crippen LogP) is 7.49. The molecule has 306 valence electrons. The highest BCUT2D eigenvalue weighted by Crippen LogP contribution is 2.38. The van der Waals surface area contributed by atoms with Crippen molar-refractivity contribution in [3.63, 3.8) is 0 Å². The Balaban J connectivity index is 2.52. The fourth-order valence-electron chi connectivity index (χ4n) is 4.28. The maximum atomic E-state index is 12.6. The molecule has 2 atom stereocenters. The Hall–Kier alpha value is -6.05. The predicted molar refractivity (Wildman–Crippen MR) is 209 cm³/mol. The Kier molecular flexibility index (Phi) is 15.6. The molecule has 0 aliphatic heterocycles. The number of nitrogens with zero attached hydrogens (tertiary/aromatic N) is 3. The largest absolute Gasteiger partial charge is 0.468 e. The van der Waals surface area contributed by atoms with Gasteiger partial charge in [-0.15, -0.1) is 0 Å². The summed E-state index contributed by atoms with van der Waals surface area (Å²) < 4.78 is 33.7. The minimum Gasteiger partial charge on any atom is -0.468 e. The number of carbonyl (C=O) groups excluding carboxylic acids is 4. The van der Waals surface area contributed by atoms with Crippen LogP contribution in [0.1, 0.15) is 102 Å². The van der Waals surface area contributed by atoms with E-state index in [1.807, 2.05) is 0 Å². The number of para-hydroxylation sites is 1. The maximum absolute atomic E-state index is 12.6. The summed E-state index contributed by atoms with van der Waals surface area (Å²) in [7, 11) is 0. The first-order valence-electron chi connectivity index (χ1n) is 17.7. The summed E-state index contributed by atoms with van der Waals surface area (Å²) >= 11 is 0. The van der Waals surface area contributed by atoms with Crippen LogP contribution in [0, 0.1) is 11.3 Å². The highest BCUT2D eigenvalue weighted by molar-refractivity contribution is 6.02. The van der Waals surface area contributed by atoms with Crippen LogP contribution in [0.5, 0.6) is 11.5 Å². The average molecular weight is 782 g/mol. The summed E-state index contributed by atoms with van der Waals surface area (Å²) in [6, 6.07) is 13.7. The number of nitriles is 1. The van der Waals surface area contributed by atoms with E-state index in [4.69, 9.17) is 28.4 Å². The SMILES string of the molecule is CC(N=C(NC(=O)OC(C)(C)C)NC(=O)OC(C)(C)C)Oc1ccccc1-c1ccc(C#N)cc1OC(C)N=C(NC(=O)OC(C)(C)C)NC(=O)OC(C)(C)C. The second-order valence-corrected chi connectivity index (χ2v) is 16.2. The van der Waals surface area contributed by atoms with Crippen molar-refractivity contribution in [1.82, 2.24) is 21.3 Å². The lowest BCUT2D eigenvalue weighted by Gasteiger charge is -2.23. The Bertz CT molecular complexity index is 1760. The Morgan fingerprint density at radius 2 is 0.893 bits per heavy atom. The molecule has 0 aromatic heterocycles. The molecule has 0 heterocycles. The third-order valence-electron chi connectivity index (χ3n) is 5.98. The molecule has 17 nitrogen and oxygen atoms in total. The smallest absolute Gasteiger partial charge is 0.414 e. The van der Waals surface area contributed by atoms with Crippen molar-refractivity contribution in [2.45, 2.75) is 132 Å². The lowest BCUT2D eigenvalue weighted by molar-refractivity contribution is 0.0519. The van der Waals surface area contributed by atoms with Crippen molar-refractivity contribution in [2.24, 2.45) is 9.98 Å². The zero-order valence-electron chi connectivity index (χ0n) is 34.6. The first-order chi connectivity index (χ1) is 25.6. The molecule has 2 aromatic carbocycles. The van der Waals surface area contributed by atoms with Gasteiger partial charge in [-0.05, 0) is 121 Å². The molecule has 2 unspecified atom stereocenters. The van der Waals surface area contributed by atoms with E-state index in [9.17, 15) is 24.4 Å². The standard InChI is InChI=1S/C39H55N7O10/c1-23(41-30(43-32(47)53-36(3,4)5)44-33(48)54-37(6,7)8)51-28-18-16-15-17-26(28)27-20-19-25(22-40)21-29(27)52-24(2)42-31(45-34(49)55-38(9,10)11)46-35(50)56-39(12,13)14/h15-21,23-24H,1-14H3,(H2,41,43,44,47,48)(H2,42,45,46,49,50). The van der Waals surface area contributed by atoms with Gasteiger partial charge in [0, 0.05) is 11.1 Å². The van der Waals surface area contributed by atoms with Crippen molar-refractivity contribution in [2.75, 3.05) is 0 Å². The number of ether oxygens (including phenoxy) is 6. The topological polar surface area (TPSA) is 220 Å². The molecule has 2 rings (SSSR count). The number of alkyl carbamates (subject to hydrolysis) is 4. The molecule has 0 spiro atoms. The molecule has 0 bridgehead atoms. The van der Waals surface area contributed by atoms with Crippen molar-refractivity contribution in [1.29, 1.82) is 5.26 Å². The Morgan fingerprint density at radius 1 is 0.554 bits per heavy atom. The molecule has 2 aromatic rings. The molecular weight excluding hydrogens is 726 g/mol. The summed E-state index contributed by atoms with van der Waals surface area (Å²) in [4.78, 5) is 59.3. The first-order valence-corrected chi connectivity index (χ1v) is 17.7. The van der Waals surface area contributed by atoms with Crippen LogP contribution in [0.3, 0.4) is 0 Å². The zero-order valence-corrected chi connectivity index (χ0v) is 34.6. The van der Waals surface area contributed by atoms with Gasteiger partial charge in [0.1, 0.15) is 33.9 Å². The van der Waals surface area contributed by atoms with E-state index in [0.29, 0.717) is 16.9 Å². The van der Waals surface area contributed by atoms with Crippen LogP contribution in [0.2, 0.25) is 0 Å². The molecule has 4 amide bonds. The van der Waals surface area contributed by atoms with Gasteiger partial charge in [-0.25, -0.2) is 29.2 Å². The number of hydrogen-bond donors (Lipinski definition) is 4. The molecule has 0 fully saturated rings. The van der Waals surface area contributed by atoms with E-state index < -0.39 is 59.2 Å². The van der Waals surface area contributed by atoms with Gasteiger partial charge >= 0.3 is 24.4 Å². The van der Waals surface area contributed by atoms with Gasteiger partial charge in [0.05, 0.1) is 11.6 Å². The third-order valence-corrected chi connectivity index (χ3v) is 5.98. The number of amides is 4. The van der Waals surface area contributed by atoms with Crippen LogP contribution in [0.25, 0.3) is 11.1 Å². The Labute approximate surface area is 328 Å². The summed E-state index contributed by atoms with van der Waals surface area (Å²) in [6.07, 6.45) is -5.61. The molecular formula is C39H55N7O10. The molecule has 4 N–H and O–H groups in total. The van der Waals surface area contributed by atoms with Crippen LogP contribution in [-0.4, -0.2) is 71.2 Å². The molecule has 0 saturated carbocycles. The van der Waals surface area contributed by atoms with Gasteiger partial charge in [-0.2, -0.15) is 5.26 Å². The Morgan fingerprint density at radius 3 is 1.25 bits per heavy atom. The van der Waals surface area contributed by atoms with E-state index in [1.165, 1.54) is 6.07 Å². The number of nitrogens with one attached hydrogen (secondary N) is 4. The number of aliphatic imine (C=N–C) groups is 2. The van der Waals surface area contributed by atoms with Crippen molar-refractivity contribution < 1.29 is 47.6 Å². The van der Waals surface area contributed by atoms with Crippen LogP contribution >= 0.6 is 0 Å². The molecule has 0 saturated heterocycles. The number of rotatable bonds is 7. The minimum atomic E-state index is -1.07. The van der Waals surface area contributed by atoms with E-state index in [0.717, 1.165) is 0 Å². The van der Waals surface area contributed by atoms with Gasteiger partial charge in [0.25, 0.3) is 0 Å². The van der Waals surface area contributed by atoms with Crippen LogP contribution in [0.4, 0.5) is 19.2 Å². The van der Waals surface area contributed by atoms with E-state index >= 15 is 0 Å². The average Bonchev–Trinajstić information content (AvgIpc) is 2.97. The summed E-state index contributed by atoms with van der Waals surface area (Å²) in [6.45, 7) is 23.3. The van der Waals surface area contributed by atoms with Crippen molar-refractivity contribution in [3.05, 3.63) is 48.0 Å². The zero-order chi connectivity index (χ0) is 42.6. The monoisotopic (exact) mass is 781 g/mol. The molecule has 0 radical (unpaired) electrons. The third kappa shape index (κ3) is 18.3. The van der Waals surface area contributed by atoms with Crippen molar-refractivity contribution in [3.8, 4) is 28.7 Å². The number of guanidine groups is 2. The lowest BCUT2D eigenvalue weighted by Crippen LogP contribution is -2.47. The fourth-order valence-corrected chi connectivity index (χ4v) is 4.28. The van der Waals surface area contributed by atoms with E-state index in [-0.39, 0.29) is 23.2 Å². The van der Waals surface area contributed by atoms with Gasteiger partial charge in [0.2, 0.25) is 11.9 Å². The number of benzene rings is 2. The molecule has 0 aliphatic rings. The van der Waals surface area contributed by atoms with Gasteiger partial charge in [-0.3, -0.25) is 21.3 Å². The van der Waals surface area contributed by atoms with Gasteiger partial charge < -0.3 is 28.4 Å². The molecule has 56 heavy (non-hydrogen) atoms. The minimum absolute atomic E-state index is 0.195. The van der Waals surface area contributed by atoms with Gasteiger partial charge in [0.15, 0.2) is 12.5 Å². The van der Waals surface area contributed by atoms with Crippen molar-refractivity contribution >= 4 is 36.3 Å². The lowest BCUT2D eigenvalue weighted by atomic mass is 10.0. The quantitative estimate of drug-likeness (QED) is 0.122. The maximum Gasteiger partial charge on any atom is 0.414 e. The summed E-state index contributed by atoms with van der Waals surface area (Å²) in [5, 5.41) is 19.4. The highest BCUT2D eigenvalue weighted by Gasteiger charge is 2.25. The second kappa shape index (κ2) is 19.0. The summed E-state index contributed by atoms with van der Waals surface area (Å²) in [5.41, 5.74) is -2.13. The second-order valence-electron chi connectivity index (χ2n) is 16.2. The molecule has 0 aliphatic carbocycles.